The standard InChI is InChI=1S/C26H21F3N2O7S/c27-26(28,29)38-18-10-12-19(13-11-18)39(35,36)30-22(25(34)37-16-17-6-2-1-3-7-17)14-15-31-23(32)20-8-4-5-9-21(20)24(31)33/h1-13,22,30H,14-16H2. The summed E-state index contributed by atoms with van der Waals surface area (Å²) in [7, 11) is -4.45. The number of halogens is 3. The summed E-state index contributed by atoms with van der Waals surface area (Å²) in [6.45, 7) is -0.479. The van der Waals surface area contributed by atoms with Gasteiger partial charge in [-0.1, -0.05) is 42.5 Å². The zero-order valence-electron chi connectivity index (χ0n) is 20.1. The maximum Gasteiger partial charge on any atom is 0.573 e. The van der Waals surface area contributed by atoms with Crippen molar-refractivity contribution in [2.75, 3.05) is 6.54 Å². The Labute approximate surface area is 221 Å². The first-order chi connectivity index (χ1) is 18.4. The Kier molecular flexibility index (Phi) is 8.02. The summed E-state index contributed by atoms with van der Waals surface area (Å²) in [6, 6.07) is 16.6. The van der Waals surface area contributed by atoms with Crippen LogP contribution in [0.3, 0.4) is 0 Å². The van der Waals surface area contributed by atoms with E-state index >= 15 is 0 Å². The molecule has 1 aliphatic heterocycles. The second-order valence-electron chi connectivity index (χ2n) is 8.38. The van der Waals surface area contributed by atoms with Gasteiger partial charge in [0.15, 0.2) is 0 Å². The third kappa shape index (κ3) is 6.81. The monoisotopic (exact) mass is 562 g/mol. The number of fused-ring (bicyclic) bond motifs is 1. The first kappa shape index (κ1) is 27.8. The number of amides is 2. The molecule has 1 aliphatic rings. The van der Waals surface area contributed by atoms with Crippen molar-refractivity contribution >= 4 is 27.8 Å². The molecule has 0 aliphatic carbocycles. The summed E-state index contributed by atoms with van der Waals surface area (Å²) in [5.74, 6) is -2.79. The molecule has 0 saturated carbocycles. The van der Waals surface area contributed by atoms with Gasteiger partial charge in [0.05, 0.1) is 16.0 Å². The van der Waals surface area contributed by atoms with E-state index in [1.165, 1.54) is 12.1 Å². The molecule has 0 bridgehead atoms. The number of alkyl halides is 3. The Balaban J connectivity index is 1.51. The van der Waals surface area contributed by atoms with E-state index in [1.54, 1.807) is 42.5 Å². The number of carbonyl (C=O) groups excluding carboxylic acids is 3. The van der Waals surface area contributed by atoms with Gasteiger partial charge in [-0.15, -0.1) is 13.2 Å². The molecule has 13 heteroatoms. The van der Waals surface area contributed by atoms with Gasteiger partial charge in [0, 0.05) is 6.54 Å². The molecule has 4 rings (SSSR count). The zero-order chi connectivity index (χ0) is 28.2. The van der Waals surface area contributed by atoms with Crippen molar-refractivity contribution in [3.05, 3.63) is 95.6 Å². The molecule has 1 unspecified atom stereocenters. The van der Waals surface area contributed by atoms with Crippen molar-refractivity contribution in [1.82, 2.24) is 9.62 Å². The number of hydrogen-bond acceptors (Lipinski definition) is 7. The average Bonchev–Trinajstić information content (AvgIpc) is 3.14. The highest BCUT2D eigenvalue weighted by atomic mass is 32.2. The summed E-state index contributed by atoms with van der Waals surface area (Å²) in [5.41, 5.74) is 1.01. The zero-order valence-corrected chi connectivity index (χ0v) is 20.9. The van der Waals surface area contributed by atoms with E-state index in [0.29, 0.717) is 5.56 Å². The molecule has 1 atom stereocenters. The summed E-state index contributed by atoms with van der Waals surface area (Å²) in [4.78, 5) is 38.8. The predicted molar refractivity (Wildman–Crippen MR) is 130 cm³/mol. The number of nitrogens with zero attached hydrogens (tertiary/aromatic N) is 1. The van der Waals surface area contributed by atoms with E-state index in [1.807, 2.05) is 0 Å². The third-order valence-electron chi connectivity index (χ3n) is 5.69. The Morgan fingerprint density at radius 2 is 1.44 bits per heavy atom. The van der Waals surface area contributed by atoms with Crippen molar-refractivity contribution in [2.45, 2.75) is 30.3 Å². The summed E-state index contributed by atoms with van der Waals surface area (Å²) < 4.78 is 74.5. The van der Waals surface area contributed by atoms with Crippen LogP contribution in [0.4, 0.5) is 13.2 Å². The van der Waals surface area contributed by atoms with Crippen LogP contribution in [0.25, 0.3) is 0 Å². The SMILES string of the molecule is O=C(OCc1ccccc1)C(CCN1C(=O)c2ccccc2C1=O)NS(=O)(=O)c1ccc(OC(F)(F)F)cc1. The third-order valence-corrected chi connectivity index (χ3v) is 7.18. The van der Waals surface area contributed by atoms with Crippen molar-refractivity contribution in [2.24, 2.45) is 0 Å². The van der Waals surface area contributed by atoms with Crippen molar-refractivity contribution in [3.8, 4) is 5.75 Å². The van der Waals surface area contributed by atoms with Crippen molar-refractivity contribution in [1.29, 1.82) is 0 Å². The van der Waals surface area contributed by atoms with Crippen LogP contribution in [0.5, 0.6) is 5.75 Å². The largest absolute Gasteiger partial charge is 0.573 e. The molecule has 204 valence electrons. The van der Waals surface area contributed by atoms with Gasteiger partial charge in [-0.2, -0.15) is 4.72 Å². The van der Waals surface area contributed by atoms with Gasteiger partial charge in [-0.3, -0.25) is 19.3 Å². The number of imide groups is 1. The lowest BCUT2D eigenvalue weighted by molar-refractivity contribution is -0.274. The molecule has 0 aromatic heterocycles. The molecule has 0 radical (unpaired) electrons. The van der Waals surface area contributed by atoms with E-state index in [0.717, 1.165) is 29.2 Å². The quantitative estimate of drug-likeness (QED) is 0.296. The van der Waals surface area contributed by atoms with Crippen LogP contribution in [0.15, 0.2) is 83.8 Å². The Morgan fingerprint density at radius 1 is 0.872 bits per heavy atom. The molecule has 0 spiro atoms. The number of rotatable bonds is 10. The van der Waals surface area contributed by atoms with Gasteiger partial charge >= 0.3 is 12.3 Å². The lowest BCUT2D eigenvalue weighted by atomic mass is 10.1. The molecule has 0 saturated heterocycles. The molecule has 1 N–H and O–H groups in total. The Morgan fingerprint density at radius 3 is 2.00 bits per heavy atom. The van der Waals surface area contributed by atoms with E-state index in [9.17, 15) is 36.0 Å². The molecule has 3 aromatic rings. The van der Waals surface area contributed by atoms with E-state index in [4.69, 9.17) is 4.74 Å². The van der Waals surface area contributed by atoms with E-state index in [2.05, 4.69) is 9.46 Å². The molecular formula is C26H21F3N2O7S. The second kappa shape index (κ2) is 11.3. The van der Waals surface area contributed by atoms with Gasteiger partial charge in [-0.05, 0) is 48.4 Å². The second-order valence-corrected chi connectivity index (χ2v) is 10.1. The normalized spacial score (nSPS) is 14.2. The molecule has 2 amide bonds. The Bertz CT molecular complexity index is 1440. The van der Waals surface area contributed by atoms with Gasteiger partial charge in [0.1, 0.15) is 18.4 Å². The van der Waals surface area contributed by atoms with Crippen LogP contribution in [0, 0.1) is 0 Å². The van der Waals surface area contributed by atoms with Crippen LogP contribution in [-0.4, -0.2) is 50.1 Å². The number of hydrogen-bond donors (Lipinski definition) is 1. The summed E-state index contributed by atoms with van der Waals surface area (Å²) in [5, 5.41) is 0. The number of sulfonamides is 1. The smallest absolute Gasteiger partial charge is 0.460 e. The van der Waals surface area contributed by atoms with Crippen molar-refractivity contribution < 1.29 is 45.4 Å². The lowest BCUT2D eigenvalue weighted by Crippen LogP contribution is -2.44. The van der Waals surface area contributed by atoms with Crippen LogP contribution in [-0.2, 0) is 26.2 Å². The van der Waals surface area contributed by atoms with Gasteiger partial charge in [-0.25, -0.2) is 8.42 Å². The molecule has 1 heterocycles. The fraction of sp³-hybridized carbons (Fsp3) is 0.192. The number of carbonyl (C=O) groups is 3. The number of benzene rings is 3. The minimum Gasteiger partial charge on any atom is -0.460 e. The van der Waals surface area contributed by atoms with Crippen LogP contribution in [0.2, 0.25) is 0 Å². The fourth-order valence-corrected chi connectivity index (χ4v) is 5.05. The van der Waals surface area contributed by atoms with Crippen LogP contribution < -0.4 is 9.46 Å². The minimum absolute atomic E-state index is 0.172. The highest BCUT2D eigenvalue weighted by Crippen LogP contribution is 2.25. The predicted octanol–water partition coefficient (Wildman–Crippen LogP) is 3.66. The van der Waals surface area contributed by atoms with Crippen molar-refractivity contribution in [3.63, 3.8) is 0 Å². The summed E-state index contributed by atoms with van der Waals surface area (Å²) >= 11 is 0. The van der Waals surface area contributed by atoms with Crippen LogP contribution >= 0.6 is 0 Å². The molecule has 9 nitrogen and oxygen atoms in total. The number of nitrogens with one attached hydrogen (secondary N) is 1. The fourth-order valence-electron chi connectivity index (χ4n) is 3.83. The topological polar surface area (TPSA) is 119 Å². The lowest BCUT2D eigenvalue weighted by Gasteiger charge is -2.21. The minimum atomic E-state index is -4.96. The van der Waals surface area contributed by atoms with E-state index in [-0.39, 0.29) is 30.7 Å². The highest BCUT2D eigenvalue weighted by molar-refractivity contribution is 7.89. The maximum absolute atomic E-state index is 13.0. The molecule has 0 fully saturated rings. The number of esters is 1. The number of ether oxygens (including phenoxy) is 2. The average molecular weight is 563 g/mol. The Hall–Kier alpha value is -4.23. The maximum atomic E-state index is 13.0. The molecule has 39 heavy (non-hydrogen) atoms. The van der Waals surface area contributed by atoms with Gasteiger partial charge in [0.25, 0.3) is 11.8 Å². The van der Waals surface area contributed by atoms with Gasteiger partial charge < -0.3 is 9.47 Å². The molecular weight excluding hydrogens is 541 g/mol. The molecule has 3 aromatic carbocycles. The van der Waals surface area contributed by atoms with E-state index < -0.39 is 50.9 Å². The summed E-state index contributed by atoms with van der Waals surface area (Å²) in [6.07, 6.45) is -5.29. The van der Waals surface area contributed by atoms with Gasteiger partial charge in [0.2, 0.25) is 10.0 Å². The first-order valence-corrected chi connectivity index (χ1v) is 13.0. The highest BCUT2D eigenvalue weighted by Gasteiger charge is 2.37. The van der Waals surface area contributed by atoms with Crippen LogP contribution in [0.1, 0.15) is 32.7 Å². The first-order valence-electron chi connectivity index (χ1n) is 11.5.